The molecule has 0 aliphatic heterocycles. The highest BCUT2D eigenvalue weighted by atomic mass is 16.2. The van der Waals surface area contributed by atoms with E-state index < -0.39 is 0 Å². The molecule has 116 valence electrons. The normalized spacial score (nSPS) is 9.70. The number of carbonyl (C=O) groups excluding carboxylic acids is 2. The number of rotatable bonds is 6. The number of carbonyl (C=O) groups is 2. The molecule has 0 atom stereocenters. The van der Waals surface area contributed by atoms with Gasteiger partial charge < -0.3 is 10.6 Å². The van der Waals surface area contributed by atoms with Gasteiger partial charge in [-0.25, -0.2) is 0 Å². The first-order valence-electron chi connectivity index (χ1n) is 7.28. The van der Waals surface area contributed by atoms with Crippen LogP contribution in [0.15, 0.2) is 54.6 Å². The Hall–Kier alpha value is -3.13. The van der Waals surface area contributed by atoms with Gasteiger partial charge in [-0.15, -0.1) is 0 Å². The summed E-state index contributed by atoms with van der Waals surface area (Å²) in [5.74, 6) is -0.294. The fourth-order valence-corrected chi connectivity index (χ4v) is 2.01. The Morgan fingerprint density at radius 3 is 2.30 bits per heavy atom. The maximum atomic E-state index is 11.8. The first kappa shape index (κ1) is 16.2. The number of hydrogen-bond donors (Lipinski definition) is 2. The summed E-state index contributed by atoms with van der Waals surface area (Å²) < 4.78 is 0. The van der Waals surface area contributed by atoms with E-state index in [1.165, 1.54) is 0 Å². The Morgan fingerprint density at radius 2 is 1.65 bits per heavy atom. The Balaban J connectivity index is 1.70. The molecule has 0 radical (unpaired) electrons. The molecule has 0 heterocycles. The molecule has 0 bridgehead atoms. The quantitative estimate of drug-likeness (QED) is 0.858. The highest BCUT2D eigenvalue weighted by molar-refractivity contribution is 5.91. The summed E-state index contributed by atoms with van der Waals surface area (Å²) in [6.45, 7) is 0.285. The van der Waals surface area contributed by atoms with Gasteiger partial charge in [-0.2, -0.15) is 5.26 Å². The third-order valence-corrected chi connectivity index (χ3v) is 3.18. The third-order valence-electron chi connectivity index (χ3n) is 3.18. The average molecular weight is 307 g/mol. The van der Waals surface area contributed by atoms with Crippen LogP contribution in [-0.2, 0) is 16.0 Å². The predicted molar refractivity (Wildman–Crippen MR) is 87.6 cm³/mol. The van der Waals surface area contributed by atoms with Gasteiger partial charge in [-0.05, 0) is 29.8 Å². The second kappa shape index (κ2) is 8.35. The Labute approximate surface area is 134 Å². The summed E-state index contributed by atoms with van der Waals surface area (Å²) >= 11 is 0. The van der Waals surface area contributed by atoms with Crippen molar-refractivity contribution in [3.8, 4) is 6.07 Å². The fraction of sp³-hybridized carbons (Fsp3) is 0.167. The monoisotopic (exact) mass is 307 g/mol. The third kappa shape index (κ3) is 5.64. The molecule has 2 aromatic carbocycles. The van der Waals surface area contributed by atoms with E-state index in [2.05, 4.69) is 10.6 Å². The zero-order valence-electron chi connectivity index (χ0n) is 12.6. The van der Waals surface area contributed by atoms with Crippen molar-refractivity contribution in [3.63, 3.8) is 0 Å². The van der Waals surface area contributed by atoms with Crippen LogP contribution in [0, 0.1) is 11.3 Å². The SMILES string of the molecule is N#Cc1ccc(NC(=O)CCNC(=O)Cc2ccccc2)cc1. The largest absolute Gasteiger partial charge is 0.355 e. The van der Waals surface area contributed by atoms with Gasteiger partial charge in [0.15, 0.2) is 0 Å². The lowest BCUT2D eigenvalue weighted by molar-refractivity contribution is -0.120. The zero-order valence-corrected chi connectivity index (χ0v) is 12.6. The van der Waals surface area contributed by atoms with Crippen LogP contribution in [0.4, 0.5) is 5.69 Å². The van der Waals surface area contributed by atoms with Gasteiger partial charge in [-0.1, -0.05) is 30.3 Å². The summed E-state index contributed by atoms with van der Waals surface area (Å²) in [7, 11) is 0. The molecular weight excluding hydrogens is 290 g/mol. The molecule has 0 saturated carbocycles. The zero-order chi connectivity index (χ0) is 16.5. The van der Waals surface area contributed by atoms with Crippen molar-refractivity contribution >= 4 is 17.5 Å². The van der Waals surface area contributed by atoms with Gasteiger partial charge in [0.25, 0.3) is 0 Å². The molecule has 23 heavy (non-hydrogen) atoms. The minimum atomic E-state index is -0.185. The number of hydrogen-bond acceptors (Lipinski definition) is 3. The number of nitrogens with one attached hydrogen (secondary N) is 2. The lowest BCUT2D eigenvalue weighted by Gasteiger charge is -2.07. The van der Waals surface area contributed by atoms with Crippen LogP contribution < -0.4 is 10.6 Å². The molecule has 2 aromatic rings. The van der Waals surface area contributed by atoms with Crippen LogP contribution in [0.2, 0.25) is 0 Å². The van der Waals surface area contributed by atoms with Crippen LogP contribution >= 0.6 is 0 Å². The van der Waals surface area contributed by atoms with Gasteiger partial charge in [0.2, 0.25) is 11.8 Å². The Kier molecular flexibility index (Phi) is 5.89. The first-order valence-corrected chi connectivity index (χ1v) is 7.28. The summed E-state index contributed by atoms with van der Waals surface area (Å²) in [4.78, 5) is 23.5. The van der Waals surface area contributed by atoms with Crippen molar-refractivity contribution in [2.45, 2.75) is 12.8 Å². The van der Waals surface area contributed by atoms with Gasteiger partial charge in [-0.3, -0.25) is 9.59 Å². The molecule has 0 aliphatic rings. The van der Waals surface area contributed by atoms with Crippen LogP contribution in [0.1, 0.15) is 17.5 Å². The van der Waals surface area contributed by atoms with Gasteiger partial charge in [0, 0.05) is 18.7 Å². The summed E-state index contributed by atoms with van der Waals surface area (Å²) in [6, 6.07) is 18.1. The van der Waals surface area contributed by atoms with Crippen molar-refractivity contribution in [1.29, 1.82) is 5.26 Å². The molecule has 0 aromatic heterocycles. The summed E-state index contributed by atoms with van der Waals surface area (Å²) in [5, 5.41) is 14.1. The van der Waals surface area contributed by atoms with E-state index in [1.54, 1.807) is 24.3 Å². The Morgan fingerprint density at radius 1 is 0.957 bits per heavy atom. The second-order valence-corrected chi connectivity index (χ2v) is 5.00. The number of nitrogens with zero attached hydrogens (tertiary/aromatic N) is 1. The predicted octanol–water partition coefficient (Wildman–Crippen LogP) is 2.25. The van der Waals surface area contributed by atoms with E-state index in [1.807, 2.05) is 36.4 Å². The number of benzene rings is 2. The molecule has 0 aliphatic carbocycles. The van der Waals surface area contributed by atoms with Crippen molar-refractivity contribution in [2.24, 2.45) is 0 Å². The second-order valence-electron chi connectivity index (χ2n) is 5.00. The molecule has 5 nitrogen and oxygen atoms in total. The first-order chi connectivity index (χ1) is 11.2. The maximum absolute atomic E-state index is 11.8. The molecule has 0 spiro atoms. The fourth-order valence-electron chi connectivity index (χ4n) is 2.01. The summed E-state index contributed by atoms with van der Waals surface area (Å²) in [6.07, 6.45) is 0.499. The van der Waals surface area contributed by atoms with E-state index >= 15 is 0 Å². The van der Waals surface area contributed by atoms with Gasteiger partial charge >= 0.3 is 0 Å². The van der Waals surface area contributed by atoms with E-state index in [0.29, 0.717) is 17.7 Å². The average Bonchev–Trinajstić information content (AvgIpc) is 2.56. The molecule has 2 N–H and O–H groups in total. The number of amides is 2. The van der Waals surface area contributed by atoms with Crippen molar-refractivity contribution < 1.29 is 9.59 Å². The smallest absolute Gasteiger partial charge is 0.226 e. The van der Waals surface area contributed by atoms with Gasteiger partial charge in [0.1, 0.15) is 0 Å². The molecule has 0 saturated heterocycles. The minimum Gasteiger partial charge on any atom is -0.355 e. The molecule has 2 rings (SSSR count). The maximum Gasteiger partial charge on any atom is 0.226 e. The van der Waals surface area contributed by atoms with Crippen molar-refractivity contribution in [3.05, 3.63) is 65.7 Å². The Bertz CT molecular complexity index is 703. The van der Waals surface area contributed by atoms with E-state index in [-0.39, 0.29) is 24.8 Å². The molecular formula is C18H17N3O2. The molecule has 5 heteroatoms. The van der Waals surface area contributed by atoms with E-state index in [0.717, 1.165) is 5.56 Å². The highest BCUT2D eigenvalue weighted by Gasteiger charge is 2.05. The molecule has 2 amide bonds. The number of anilines is 1. The molecule has 0 unspecified atom stereocenters. The van der Waals surface area contributed by atoms with Crippen LogP contribution in [-0.4, -0.2) is 18.4 Å². The van der Waals surface area contributed by atoms with Gasteiger partial charge in [0.05, 0.1) is 18.1 Å². The highest BCUT2D eigenvalue weighted by Crippen LogP contribution is 2.08. The van der Waals surface area contributed by atoms with Crippen LogP contribution in [0.25, 0.3) is 0 Å². The summed E-state index contributed by atoms with van der Waals surface area (Å²) in [5.41, 5.74) is 2.10. The lowest BCUT2D eigenvalue weighted by Crippen LogP contribution is -2.28. The lowest BCUT2D eigenvalue weighted by atomic mass is 10.1. The van der Waals surface area contributed by atoms with Crippen molar-refractivity contribution in [1.82, 2.24) is 5.32 Å². The number of nitriles is 1. The molecule has 0 fully saturated rings. The van der Waals surface area contributed by atoms with Crippen molar-refractivity contribution in [2.75, 3.05) is 11.9 Å². The van der Waals surface area contributed by atoms with Crippen LogP contribution in [0.5, 0.6) is 0 Å². The standard InChI is InChI=1S/C18H17N3O2/c19-13-15-6-8-16(9-7-15)21-17(22)10-11-20-18(23)12-14-4-2-1-3-5-14/h1-9H,10-12H2,(H,20,23)(H,21,22). The van der Waals surface area contributed by atoms with E-state index in [9.17, 15) is 9.59 Å². The van der Waals surface area contributed by atoms with Crippen LogP contribution in [0.3, 0.4) is 0 Å². The minimum absolute atomic E-state index is 0.109. The van der Waals surface area contributed by atoms with E-state index in [4.69, 9.17) is 5.26 Å². The topological polar surface area (TPSA) is 82.0 Å².